The lowest BCUT2D eigenvalue weighted by Gasteiger charge is -2.15. The Hall–Kier alpha value is -1.66. The zero-order valence-corrected chi connectivity index (χ0v) is 12.2. The molecule has 0 aromatic heterocycles. The molecule has 2 rings (SSSR count). The number of hydrogen-bond acceptors (Lipinski definition) is 3. The van der Waals surface area contributed by atoms with Crippen LogP contribution in [0, 0.1) is 17.7 Å². The van der Waals surface area contributed by atoms with E-state index in [1.807, 2.05) is 6.92 Å². The molecule has 1 heterocycles. The van der Waals surface area contributed by atoms with Crippen molar-refractivity contribution < 1.29 is 19.1 Å². The van der Waals surface area contributed by atoms with Gasteiger partial charge in [-0.15, -0.1) is 0 Å². The van der Waals surface area contributed by atoms with Gasteiger partial charge in [0.1, 0.15) is 5.82 Å². The monoisotopic (exact) mass is 314 g/mol. The van der Waals surface area contributed by atoms with Gasteiger partial charge in [0.05, 0.1) is 17.5 Å². The van der Waals surface area contributed by atoms with Crippen molar-refractivity contribution >= 4 is 29.2 Å². The SMILES string of the molecule is CC1CN(CC(=O)Nc2ccc(F)c(Cl)c2)CC1C(=O)O. The first-order chi connectivity index (χ1) is 9.86. The molecule has 1 amide bonds. The van der Waals surface area contributed by atoms with Crippen molar-refractivity contribution in [1.29, 1.82) is 0 Å². The summed E-state index contributed by atoms with van der Waals surface area (Å²) in [6.07, 6.45) is 0. The number of rotatable bonds is 4. The fourth-order valence-corrected chi connectivity index (χ4v) is 2.68. The first-order valence-corrected chi connectivity index (χ1v) is 6.94. The number of aliphatic carboxylic acids is 1. The average molecular weight is 315 g/mol. The third-order valence-electron chi connectivity index (χ3n) is 3.58. The predicted octanol–water partition coefficient (Wildman–Crippen LogP) is 2.07. The van der Waals surface area contributed by atoms with Gasteiger partial charge in [-0.3, -0.25) is 14.5 Å². The molecule has 0 saturated carbocycles. The molecule has 1 aromatic rings. The first-order valence-electron chi connectivity index (χ1n) is 6.57. The number of carbonyl (C=O) groups is 2. The Morgan fingerprint density at radius 2 is 2.19 bits per heavy atom. The van der Waals surface area contributed by atoms with Crippen molar-refractivity contribution in [2.45, 2.75) is 6.92 Å². The van der Waals surface area contributed by atoms with Gasteiger partial charge < -0.3 is 10.4 Å². The van der Waals surface area contributed by atoms with Gasteiger partial charge in [-0.1, -0.05) is 18.5 Å². The van der Waals surface area contributed by atoms with Crippen LogP contribution in [0.5, 0.6) is 0 Å². The number of carboxylic acid groups (broad SMARTS) is 1. The van der Waals surface area contributed by atoms with Crippen LogP contribution in [0.2, 0.25) is 5.02 Å². The lowest BCUT2D eigenvalue weighted by atomic mass is 9.99. The number of carboxylic acids is 1. The zero-order chi connectivity index (χ0) is 15.6. The molecule has 2 N–H and O–H groups in total. The number of nitrogens with one attached hydrogen (secondary N) is 1. The van der Waals surface area contributed by atoms with Crippen molar-refractivity contribution in [3.63, 3.8) is 0 Å². The third kappa shape index (κ3) is 3.92. The number of hydrogen-bond donors (Lipinski definition) is 2. The molecule has 5 nitrogen and oxygen atoms in total. The van der Waals surface area contributed by atoms with Gasteiger partial charge in [0.25, 0.3) is 0 Å². The van der Waals surface area contributed by atoms with Crippen molar-refractivity contribution in [3.8, 4) is 0 Å². The highest BCUT2D eigenvalue weighted by Gasteiger charge is 2.35. The second kappa shape index (κ2) is 6.41. The first kappa shape index (κ1) is 15.7. The Kier molecular flexibility index (Phi) is 4.80. The van der Waals surface area contributed by atoms with Crippen molar-refractivity contribution in [2.75, 3.05) is 25.0 Å². The molecule has 114 valence electrons. The number of nitrogens with zero attached hydrogens (tertiary/aromatic N) is 1. The van der Waals surface area contributed by atoms with Crippen LogP contribution in [0.15, 0.2) is 18.2 Å². The number of benzene rings is 1. The number of amides is 1. The summed E-state index contributed by atoms with van der Waals surface area (Å²) in [5, 5.41) is 11.6. The van der Waals surface area contributed by atoms with Gasteiger partial charge in [0, 0.05) is 18.8 Å². The van der Waals surface area contributed by atoms with E-state index in [0.29, 0.717) is 18.8 Å². The van der Waals surface area contributed by atoms with Crippen LogP contribution in [0.1, 0.15) is 6.92 Å². The molecule has 2 unspecified atom stereocenters. The quantitative estimate of drug-likeness (QED) is 0.892. The zero-order valence-electron chi connectivity index (χ0n) is 11.5. The number of anilines is 1. The van der Waals surface area contributed by atoms with Crippen LogP contribution in [-0.2, 0) is 9.59 Å². The number of halogens is 2. The van der Waals surface area contributed by atoms with Gasteiger partial charge in [0.2, 0.25) is 5.91 Å². The average Bonchev–Trinajstić information content (AvgIpc) is 2.75. The van der Waals surface area contributed by atoms with Crippen LogP contribution >= 0.6 is 11.6 Å². The molecule has 0 bridgehead atoms. The minimum absolute atomic E-state index is 0.00978. The normalized spacial score (nSPS) is 22.2. The van der Waals surface area contributed by atoms with Crippen LogP contribution in [0.4, 0.5) is 10.1 Å². The van der Waals surface area contributed by atoms with Crippen LogP contribution < -0.4 is 5.32 Å². The van der Waals surface area contributed by atoms with E-state index >= 15 is 0 Å². The summed E-state index contributed by atoms with van der Waals surface area (Å²) in [7, 11) is 0. The minimum Gasteiger partial charge on any atom is -0.481 e. The van der Waals surface area contributed by atoms with Gasteiger partial charge in [-0.2, -0.15) is 0 Å². The fourth-order valence-electron chi connectivity index (χ4n) is 2.50. The molecule has 2 atom stereocenters. The van der Waals surface area contributed by atoms with Gasteiger partial charge in [-0.05, 0) is 24.1 Å². The molecule has 0 radical (unpaired) electrons. The van der Waals surface area contributed by atoms with E-state index in [1.54, 1.807) is 4.90 Å². The van der Waals surface area contributed by atoms with E-state index in [2.05, 4.69) is 5.32 Å². The van der Waals surface area contributed by atoms with Gasteiger partial charge in [-0.25, -0.2) is 4.39 Å². The lowest BCUT2D eigenvalue weighted by molar-refractivity contribution is -0.142. The van der Waals surface area contributed by atoms with E-state index < -0.39 is 17.7 Å². The molecule has 1 saturated heterocycles. The third-order valence-corrected chi connectivity index (χ3v) is 3.87. The topological polar surface area (TPSA) is 69.6 Å². The summed E-state index contributed by atoms with van der Waals surface area (Å²) in [5.74, 6) is -2.10. The van der Waals surface area contributed by atoms with Crippen molar-refractivity contribution in [2.24, 2.45) is 11.8 Å². The standard InChI is InChI=1S/C14H16ClFN2O3/c1-8-5-18(6-10(8)14(20)21)7-13(19)17-9-2-3-12(16)11(15)4-9/h2-4,8,10H,5-7H2,1H3,(H,17,19)(H,20,21). The molecule has 1 aromatic carbocycles. The molecule has 21 heavy (non-hydrogen) atoms. The molecule has 7 heteroatoms. The molecule has 0 spiro atoms. The van der Waals surface area contributed by atoms with E-state index in [0.717, 1.165) is 0 Å². The van der Waals surface area contributed by atoms with Gasteiger partial charge in [0.15, 0.2) is 0 Å². The Morgan fingerprint density at radius 3 is 2.76 bits per heavy atom. The van der Waals surface area contributed by atoms with Crippen LogP contribution in [0.25, 0.3) is 0 Å². The lowest BCUT2D eigenvalue weighted by Crippen LogP contribution is -2.32. The van der Waals surface area contributed by atoms with E-state index in [1.165, 1.54) is 18.2 Å². The molecule has 1 aliphatic rings. The molecule has 1 aliphatic heterocycles. The predicted molar refractivity (Wildman–Crippen MR) is 76.8 cm³/mol. The smallest absolute Gasteiger partial charge is 0.308 e. The van der Waals surface area contributed by atoms with Crippen molar-refractivity contribution in [3.05, 3.63) is 29.0 Å². The highest BCUT2D eigenvalue weighted by Crippen LogP contribution is 2.23. The largest absolute Gasteiger partial charge is 0.481 e. The second-order valence-electron chi connectivity index (χ2n) is 5.29. The van der Waals surface area contributed by atoms with E-state index in [-0.39, 0.29) is 23.4 Å². The Bertz CT molecular complexity index is 567. The van der Waals surface area contributed by atoms with Gasteiger partial charge >= 0.3 is 5.97 Å². The molecule has 1 fully saturated rings. The number of carbonyl (C=O) groups excluding carboxylic acids is 1. The van der Waals surface area contributed by atoms with Crippen LogP contribution in [-0.4, -0.2) is 41.5 Å². The van der Waals surface area contributed by atoms with Crippen LogP contribution in [0.3, 0.4) is 0 Å². The molecular weight excluding hydrogens is 299 g/mol. The fraction of sp³-hybridized carbons (Fsp3) is 0.429. The maximum absolute atomic E-state index is 13.0. The summed E-state index contributed by atoms with van der Waals surface area (Å²) < 4.78 is 13.0. The summed E-state index contributed by atoms with van der Waals surface area (Å²) in [6.45, 7) is 2.88. The summed E-state index contributed by atoms with van der Waals surface area (Å²) in [4.78, 5) is 24.7. The Balaban J connectivity index is 1.90. The second-order valence-corrected chi connectivity index (χ2v) is 5.70. The van der Waals surface area contributed by atoms with Crippen molar-refractivity contribution in [1.82, 2.24) is 4.90 Å². The molecular formula is C14H16ClFN2O3. The summed E-state index contributed by atoms with van der Waals surface area (Å²) >= 11 is 5.64. The van der Waals surface area contributed by atoms with E-state index in [9.17, 15) is 14.0 Å². The minimum atomic E-state index is -0.837. The highest BCUT2D eigenvalue weighted by atomic mass is 35.5. The summed E-state index contributed by atoms with van der Waals surface area (Å²) in [6, 6.07) is 3.93. The highest BCUT2D eigenvalue weighted by molar-refractivity contribution is 6.31. The number of likely N-dealkylation sites (tertiary alicyclic amines) is 1. The maximum Gasteiger partial charge on any atom is 0.308 e. The Morgan fingerprint density at radius 1 is 1.48 bits per heavy atom. The van der Waals surface area contributed by atoms with E-state index in [4.69, 9.17) is 16.7 Å². The Labute approximate surface area is 126 Å². The maximum atomic E-state index is 13.0. The summed E-state index contributed by atoms with van der Waals surface area (Å²) in [5.41, 5.74) is 0.411. The molecule has 0 aliphatic carbocycles.